The maximum atomic E-state index is 11.0. The number of carboxylic acid groups (broad SMARTS) is 1. The van der Waals surface area contributed by atoms with E-state index in [2.05, 4.69) is 4.84 Å². The third kappa shape index (κ3) is 2.68. The van der Waals surface area contributed by atoms with Gasteiger partial charge in [0.2, 0.25) is 0 Å². The first-order valence-electron chi connectivity index (χ1n) is 4.38. The van der Waals surface area contributed by atoms with Crippen molar-refractivity contribution in [3.8, 4) is 5.75 Å². The molecule has 15 heavy (non-hydrogen) atoms. The zero-order valence-electron chi connectivity index (χ0n) is 8.34. The van der Waals surface area contributed by atoms with Crippen LogP contribution in [0.3, 0.4) is 0 Å². The fraction of sp³-hybridized carbons (Fsp3) is 0.300. The molecule has 0 aromatic heterocycles. The number of nitrogens with two attached hydrogens (primary N) is 1. The van der Waals surface area contributed by atoms with Gasteiger partial charge in [-0.25, -0.2) is 5.90 Å². The number of rotatable bonds is 5. The molecule has 1 atom stereocenters. The summed E-state index contributed by atoms with van der Waals surface area (Å²) in [6.45, 7) is -0.0876. The van der Waals surface area contributed by atoms with Crippen molar-refractivity contribution in [2.24, 2.45) is 5.90 Å². The average molecular weight is 211 g/mol. The molecule has 0 saturated heterocycles. The number of aliphatic carboxylic acids is 1. The lowest BCUT2D eigenvalue weighted by Gasteiger charge is -2.14. The monoisotopic (exact) mass is 211 g/mol. The smallest absolute Gasteiger partial charge is 0.313 e. The number of carboxylic acids is 1. The number of hydrogen-bond donors (Lipinski definition) is 2. The average Bonchev–Trinajstić information content (AvgIpc) is 2.25. The lowest BCUT2D eigenvalue weighted by molar-refractivity contribution is -0.140. The topological polar surface area (TPSA) is 81.8 Å². The van der Waals surface area contributed by atoms with Gasteiger partial charge < -0.3 is 14.7 Å². The summed E-state index contributed by atoms with van der Waals surface area (Å²) < 4.78 is 5.06. The number of para-hydroxylation sites is 1. The van der Waals surface area contributed by atoms with Gasteiger partial charge in [-0.05, 0) is 6.07 Å². The molecule has 5 heteroatoms. The zero-order chi connectivity index (χ0) is 11.3. The van der Waals surface area contributed by atoms with E-state index in [1.807, 2.05) is 0 Å². The van der Waals surface area contributed by atoms with Crippen molar-refractivity contribution in [2.75, 3.05) is 13.7 Å². The third-order valence-corrected chi connectivity index (χ3v) is 2.08. The Morgan fingerprint density at radius 1 is 1.53 bits per heavy atom. The van der Waals surface area contributed by atoms with Crippen LogP contribution in [0.5, 0.6) is 5.75 Å². The van der Waals surface area contributed by atoms with E-state index in [4.69, 9.17) is 15.7 Å². The van der Waals surface area contributed by atoms with Crippen molar-refractivity contribution < 1.29 is 19.5 Å². The predicted octanol–water partition coefficient (Wildman–Crippen LogP) is 0.754. The Hall–Kier alpha value is -1.59. The Morgan fingerprint density at radius 3 is 2.73 bits per heavy atom. The van der Waals surface area contributed by atoms with Crippen LogP contribution in [-0.4, -0.2) is 24.8 Å². The number of methoxy groups -OCH3 is 1. The van der Waals surface area contributed by atoms with E-state index in [9.17, 15) is 4.79 Å². The standard InChI is InChI=1S/C10H13NO4/c1-14-9-5-3-2-4-7(9)8(6-15-11)10(12)13/h2-5,8H,6,11H2,1H3,(H,12,13). The fourth-order valence-electron chi connectivity index (χ4n) is 1.34. The summed E-state index contributed by atoms with van der Waals surface area (Å²) >= 11 is 0. The Morgan fingerprint density at radius 2 is 2.20 bits per heavy atom. The molecule has 0 saturated carbocycles. The van der Waals surface area contributed by atoms with E-state index in [0.717, 1.165) is 0 Å². The van der Waals surface area contributed by atoms with Crippen LogP contribution >= 0.6 is 0 Å². The molecule has 0 aliphatic carbocycles. The summed E-state index contributed by atoms with van der Waals surface area (Å²) in [5.74, 6) is 3.60. The van der Waals surface area contributed by atoms with Gasteiger partial charge in [-0.1, -0.05) is 18.2 Å². The van der Waals surface area contributed by atoms with Crippen molar-refractivity contribution in [3.63, 3.8) is 0 Å². The van der Waals surface area contributed by atoms with E-state index in [-0.39, 0.29) is 6.61 Å². The minimum atomic E-state index is -0.995. The number of benzene rings is 1. The van der Waals surface area contributed by atoms with Gasteiger partial charge in [-0.3, -0.25) is 4.79 Å². The molecule has 0 bridgehead atoms. The normalized spacial score (nSPS) is 12.1. The van der Waals surface area contributed by atoms with E-state index in [1.165, 1.54) is 7.11 Å². The van der Waals surface area contributed by atoms with Gasteiger partial charge in [0, 0.05) is 5.56 Å². The van der Waals surface area contributed by atoms with Gasteiger partial charge in [-0.2, -0.15) is 0 Å². The highest BCUT2D eigenvalue weighted by Gasteiger charge is 2.23. The van der Waals surface area contributed by atoms with Crippen LogP contribution in [0.25, 0.3) is 0 Å². The van der Waals surface area contributed by atoms with Crippen LogP contribution in [0.2, 0.25) is 0 Å². The van der Waals surface area contributed by atoms with Crippen molar-refractivity contribution in [1.82, 2.24) is 0 Å². The van der Waals surface area contributed by atoms with Gasteiger partial charge in [0.05, 0.1) is 13.7 Å². The SMILES string of the molecule is COc1ccccc1C(CON)C(=O)O. The molecule has 0 spiro atoms. The van der Waals surface area contributed by atoms with E-state index in [1.54, 1.807) is 24.3 Å². The molecule has 82 valence electrons. The maximum absolute atomic E-state index is 11.0. The highest BCUT2D eigenvalue weighted by atomic mass is 16.6. The van der Waals surface area contributed by atoms with E-state index >= 15 is 0 Å². The summed E-state index contributed by atoms with van der Waals surface area (Å²) in [5.41, 5.74) is 0.554. The van der Waals surface area contributed by atoms with Crippen molar-refractivity contribution in [3.05, 3.63) is 29.8 Å². The number of ether oxygens (including phenoxy) is 1. The lowest BCUT2D eigenvalue weighted by Crippen LogP contribution is -2.20. The third-order valence-electron chi connectivity index (χ3n) is 2.08. The predicted molar refractivity (Wildman–Crippen MR) is 53.5 cm³/mol. The van der Waals surface area contributed by atoms with E-state index in [0.29, 0.717) is 11.3 Å². The molecule has 0 aliphatic heterocycles. The minimum absolute atomic E-state index is 0.0876. The summed E-state index contributed by atoms with van der Waals surface area (Å²) in [6.07, 6.45) is 0. The molecule has 5 nitrogen and oxygen atoms in total. The molecule has 3 N–H and O–H groups in total. The minimum Gasteiger partial charge on any atom is -0.496 e. The second-order valence-electron chi connectivity index (χ2n) is 2.97. The number of hydrogen-bond acceptors (Lipinski definition) is 4. The van der Waals surface area contributed by atoms with Crippen LogP contribution < -0.4 is 10.6 Å². The van der Waals surface area contributed by atoms with Crippen LogP contribution in [0, 0.1) is 0 Å². The van der Waals surface area contributed by atoms with Gasteiger partial charge in [0.15, 0.2) is 0 Å². The molecule has 1 aromatic carbocycles. The van der Waals surface area contributed by atoms with Crippen LogP contribution in [0.15, 0.2) is 24.3 Å². The molecule has 0 aliphatic rings. The van der Waals surface area contributed by atoms with Crippen LogP contribution in [0.1, 0.15) is 11.5 Å². The van der Waals surface area contributed by atoms with Crippen LogP contribution in [0.4, 0.5) is 0 Å². The quantitative estimate of drug-likeness (QED) is 0.702. The van der Waals surface area contributed by atoms with Gasteiger partial charge in [0.25, 0.3) is 0 Å². The lowest BCUT2D eigenvalue weighted by atomic mass is 9.99. The molecular formula is C10H13NO4. The highest BCUT2D eigenvalue weighted by Crippen LogP contribution is 2.26. The maximum Gasteiger partial charge on any atom is 0.313 e. The first-order valence-corrected chi connectivity index (χ1v) is 4.38. The molecule has 1 unspecified atom stereocenters. The number of carbonyl (C=O) groups is 1. The highest BCUT2D eigenvalue weighted by molar-refractivity contribution is 5.77. The summed E-state index contributed by atoms with van der Waals surface area (Å²) in [5, 5.41) is 8.99. The second-order valence-corrected chi connectivity index (χ2v) is 2.97. The molecule has 1 rings (SSSR count). The first kappa shape index (κ1) is 11.5. The summed E-state index contributed by atoms with van der Waals surface area (Å²) in [7, 11) is 1.49. The van der Waals surface area contributed by atoms with Gasteiger partial charge >= 0.3 is 5.97 Å². The molecule has 0 heterocycles. The molecule has 0 amide bonds. The van der Waals surface area contributed by atoms with Crippen molar-refractivity contribution in [1.29, 1.82) is 0 Å². The second kappa shape index (κ2) is 5.33. The van der Waals surface area contributed by atoms with Crippen molar-refractivity contribution >= 4 is 5.97 Å². The first-order chi connectivity index (χ1) is 7.20. The molecular weight excluding hydrogens is 198 g/mol. The summed E-state index contributed by atoms with van der Waals surface area (Å²) in [4.78, 5) is 15.3. The Balaban J connectivity index is 3.04. The summed E-state index contributed by atoms with van der Waals surface area (Å²) in [6, 6.07) is 6.88. The van der Waals surface area contributed by atoms with Gasteiger partial charge in [-0.15, -0.1) is 0 Å². The molecule has 0 fully saturated rings. The van der Waals surface area contributed by atoms with E-state index < -0.39 is 11.9 Å². The van der Waals surface area contributed by atoms with Gasteiger partial charge in [0.1, 0.15) is 11.7 Å². The molecule has 0 radical (unpaired) electrons. The van der Waals surface area contributed by atoms with Crippen molar-refractivity contribution in [2.45, 2.75) is 5.92 Å². The Labute approximate surface area is 87.4 Å². The Bertz CT molecular complexity index is 340. The Kier molecular flexibility index (Phi) is 4.08. The zero-order valence-corrected chi connectivity index (χ0v) is 8.34. The largest absolute Gasteiger partial charge is 0.496 e. The van der Waals surface area contributed by atoms with Crippen LogP contribution in [-0.2, 0) is 9.63 Å². The fourth-order valence-corrected chi connectivity index (χ4v) is 1.34. The molecule has 1 aromatic rings.